The number of hydrogen-bond acceptors (Lipinski definition) is 11. The first-order chi connectivity index (χ1) is 35.4. The number of sulfonamides is 1. The van der Waals surface area contributed by atoms with Crippen LogP contribution in [-0.2, 0) is 59.6 Å². The van der Waals surface area contributed by atoms with Crippen LogP contribution in [0.4, 0.5) is 34.4 Å². The Morgan fingerprint density at radius 3 is 1.42 bits per heavy atom. The number of hydrogen-bond donors (Lipinski definition) is 3. The molecule has 74 heavy (non-hydrogen) atoms. The van der Waals surface area contributed by atoms with Gasteiger partial charge < -0.3 is 35.6 Å². The molecule has 0 unspecified atom stereocenters. The molecule has 0 radical (unpaired) electrons. The number of rotatable bonds is 9. The highest BCUT2D eigenvalue weighted by Crippen LogP contribution is 2.39. The maximum atomic E-state index is 13.8. The van der Waals surface area contributed by atoms with Crippen LogP contribution in [-0.4, -0.2) is 124 Å². The SMILES string of the molecule is Cc1ccc2c(c1)Nc1c(cnn1C)CN2C(=O)c1ccc(CCC(=O)N2CCN(S(C)(=O)=O)CC2)c(C)c1.Cc1ccc2c(c1)Nc1c(cnn1C)CN2C(=O)c1ccc(CCC(=O)N2CCNCC2)c(C)c1. The minimum atomic E-state index is -3.23. The minimum absolute atomic E-state index is 0.0129. The number of nitrogens with zero attached hydrogens (tertiary/aromatic N) is 9. The number of aryl methyl sites for hydroxylation is 8. The molecule has 3 N–H and O–H groups in total. The number of fused-ring (bicyclic) bond motifs is 4. The van der Waals surface area contributed by atoms with Crippen molar-refractivity contribution in [2.24, 2.45) is 14.1 Å². The van der Waals surface area contributed by atoms with Gasteiger partial charge in [0.15, 0.2) is 0 Å². The van der Waals surface area contributed by atoms with E-state index in [4.69, 9.17) is 0 Å². The Hall–Kier alpha value is -7.35. The molecule has 18 nitrogen and oxygen atoms in total. The van der Waals surface area contributed by atoms with Crippen molar-refractivity contribution in [3.05, 3.63) is 141 Å². The molecule has 6 heterocycles. The Bertz CT molecular complexity index is 3240. The first kappa shape index (κ1) is 51.5. The number of nitrogens with one attached hydrogen (secondary N) is 3. The third-order valence-corrected chi connectivity index (χ3v) is 15.8. The Kier molecular flexibility index (Phi) is 15.1. The van der Waals surface area contributed by atoms with Crippen molar-refractivity contribution in [1.29, 1.82) is 0 Å². The topological polar surface area (TPSA) is 190 Å². The van der Waals surface area contributed by atoms with Crippen molar-refractivity contribution in [2.45, 2.75) is 66.5 Å². The van der Waals surface area contributed by atoms with Crippen LogP contribution in [0.5, 0.6) is 0 Å². The molecule has 0 aliphatic carbocycles. The summed E-state index contributed by atoms with van der Waals surface area (Å²) >= 11 is 0. The van der Waals surface area contributed by atoms with Crippen LogP contribution in [0.2, 0.25) is 0 Å². The van der Waals surface area contributed by atoms with Gasteiger partial charge in [-0.3, -0.25) is 28.5 Å². The van der Waals surface area contributed by atoms with Crippen molar-refractivity contribution in [3.8, 4) is 0 Å². The lowest BCUT2D eigenvalue weighted by atomic mass is 10.00. The van der Waals surface area contributed by atoms with Gasteiger partial charge in [-0.15, -0.1) is 0 Å². The van der Waals surface area contributed by atoms with Crippen molar-refractivity contribution in [3.63, 3.8) is 0 Å². The second-order valence-corrected chi connectivity index (χ2v) is 21.8. The molecule has 2 saturated heterocycles. The summed E-state index contributed by atoms with van der Waals surface area (Å²) < 4.78 is 28.4. The fraction of sp³-hybridized carbons (Fsp3) is 0.382. The molecule has 2 fully saturated rings. The molecule has 4 amide bonds. The smallest absolute Gasteiger partial charge is 0.258 e. The van der Waals surface area contributed by atoms with Gasteiger partial charge in [0.25, 0.3) is 11.8 Å². The average molecular weight is 1020 g/mol. The summed E-state index contributed by atoms with van der Waals surface area (Å²) in [5.41, 5.74) is 12.8. The molecule has 0 bridgehead atoms. The molecule has 0 atom stereocenters. The summed E-state index contributed by atoms with van der Waals surface area (Å²) in [7, 11) is 0.540. The molecule has 10 rings (SSSR count). The van der Waals surface area contributed by atoms with Crippen LogP contribution < -0.4 is 25.8 Å². The molecular formula is C55H66N12O6S. The predicted octanol–water partition coefficient (Wildman–Crippen LogP) is 6.28. The van der Waals surface area contributed by atoms with E-state index in [1.807, 2.05) is 125 Å². The summed E-state index contributed by atoms with van der Waals surface area (Å²) in [4.78, 5) is 60.2. The molecular weight excluding hydrogens is 957 g/mol. The van der Waals surface area contributed by atoms with Gasteiger partial charge in [0.2, 0.25) is 21.8 Å². The number of piperazine rings is 2. The van der Waals surface area contributed by atoms with E-state index in [9.17, 15) is 27.6 Å². The molecule has 4 aromatic carbocycles. The van der Waals surface area contributed by atoms with E-state index in [0.717, 1.165) is 105 Å². The maximum Gasteiger partial charge on any atom is 0.258 e. The number of carbonyl (C=O) groups excluding carboxylic acids is 4. The third kappa shape index (κ3) is 11.2. The monoisotopic (exact) mass is 1020 g/mol. The summed E-state index contributed by atoms with van der Waals surface area (Å²) in [5.74, 6) is 1.81. The summed E-state index contributed by atoms with van der Waals surface area (Å²) in [6.45, 7) is 13.6. The number of carbonyl (C=O) groups is 4. The fourth-order valence-electron chi connectivity index (χ4n) is 10.1. The predicted molar refractivity (Wildman–Crippen MR) is 288 cm³/mol. The quantitative estimate of drug-likeness (QED) is 0.148. The minimum Gasteiger partial charge on any atom is -0.340 e. The average Bonchev–Trinajstić information content (AvgIpc) is 3.78. The van der Waals surface area contributed by atoms with Crippen LogP contribution in [0.1, 0.15) is 78.1 Å². The highest BCUT2D eigenvalue weighted by molar-refractivity contribution is 7.88. The zero-order chi connectivity index (χ0) is 52.4. The second kappa shape index (κ2) is 21.6. The van der Waals surface area contributed by atoms with Gasteiger partial charge in [0.1, 0.15) is 11.6 Å². The van der Waals surface area contributed by atoms with Crippen LogP contribution in [0.15, 0.2) is 85.2 Å². The maximum absolute atomic E-state index is 13.8. The van der Waals surface area contributed by atoms with Crippen molar-refractivity contribution < 1.29 is 27.6 Å². The van der Waals surface area contributed by atoms with Gasteiger partial charge >= 0.3 is 0 Å². The Morgan fingerprint density at radius 2 is 1.00 bits per heavy atom. The van der Waals surface area contributed by atoms with E-state index in [1.54, 1.807) is 25.4 Å². The first-order valence-corrected chi connectivity index (χ1v) is 27.1. The van der Waals surface area contributed by atoms with Crippen LogP contribution >= 0.6 is 0 Å². The highest BCUT2D eigenvalue weighted by atomic mass is 32.2. The summed E-state index contributed by atoms with van der Waals surface area (Å²) in [6.07, 6.45) is 6.85. The van der Waals surface area contributed by atoms with Gasteiger partial charge in [0.05, 0.1) is 54.5 Å². The van der Waals surface area contributed by atoms with Crippen LogP contribution in [0.3, 0.4) is 0 Å². The van der Waals surface area contributed by atoms with E-state index in [0.29, 0.717) is 76.1 Å². The van der Waals surface area contributed by atoms with Gasteiger partial charge in [-0.25, -0.2) is 8.42 Å². The molecule has 4 aliphatic rings. The molecule has 0 saturated carbocycles. The van der Waals surface area contributed by atoms with Gasteiger partial charge in [-0.05, 0) is 122 Å². The van der Waals surface area contributed by atoms with Crippen LogP contribution in [0.25, 0.3) is 0 Å². The van der Waals surface area contributed by atoms with E-state index < -0.39 is 10.0 Å². The van der Waals surface area contributed by atoms with E-state index in [-0.39, 0.29) is 23.6 Å². The standard InChI is InChI=1S/C28H34N6O4S.C27H32N6O2/c1-19-5-9-25-24(15-19)30-27-23(17-29-31(27)3)18-34(25)28(36)22-7-6-21(20(2)16-22)8-10-26(35)32-11-13-33(14-12-32)39(4,37)38;1-18-4-8-24-23(14-18)30-26-22(16-29-31(26)3)17-33(24)27(35)21-6-5-20(19(2)15-21)7-9-25(34)32-12-10-28-11-13-32/h5-7,9,15-17,30H,8,10-14,18H2,1-4H3;4-6,8,14-16,28,30H,7,9-13,17H2,1-3H3. The number of benzene rings is 4. The van der Waals surface area contributed by atoms with E-state index >= 15 is 0 Å². The molecule has 388 valence electrons. The Balaban J connectivity index is 0.000000183. The second-order valence-electron chi connectivity index (χ2n) is 19.8. The van der Waals surface area contributed by atoms with Gasteiger partial charge in [-0.2, -0.15) is 14.5 Å². The van der Waals surface area contributed by atoms with Gasteiger partial charge in [-0.1, -0.05) is 24.3 Å². The molecule has 19 heteroatoms. The largest absolute Gasteiger partial charge is 0.340 e. The third-order valence-electron chi connectivity index (χ3n) is 14.5. The van der Waals surface area contributed by atoms with E-state index in [1.165, 1.54) is 10.6 Å². The Labute approximate surface area is 433 Å². The first-order valence-electron chi connectivity index (χ1n) is 25.2. The fourth-order valence-corrected chi connectivity index (χ4v) is 11.0. The molecule has 2 aromatic heterocycles. The highest BCUT2D eigenvalue weighted by Gasteiger charge is 2.30. The number of amides is 4. The van der Waals surface area contributed by atoms with Crippen molar-refractivity contribution in [2.75, 3.05) is 79.0 Å². The van der Waals surface area contributed by atoms with E-state index in [2.05, 4.69) is 32.2 Å². The molecule has 0 spiro atoms. The number of aromatic nitrogens is 4. The lowest BCUT2D eigenvalue weighted by molar-refractivity contribution is -0.132. The normalized spacial score (nSPS) is 15.5. The van der Waals surface area contributed by atoms with Gasteiger partial charge in [0, 0.05) is 102 Å². The van der Waals surface area contributed by atoms with Crippen molar-refractivity contribution in [1.82, 2.24) is 39.0 Å². The molecule has 6 aromatic rings. The zero-order valence-electron chi connectivity index (χ0n) is 43.4. The number of anilines is 6. The van der Waals surface area contributed by atoms with Crippen LogP contribution in [0, 0.1) is 27.7 Å². The Morgan fingerprint density at radius 1 is 0.568 bits per heavy atom. The summed E-state index contributed by atoms with van der Waals surface area (Å²) in [6, 6.07) is 23.6. The van der Waals surface area contributed by atoms with Crippen molar-refractivity contribution >= 4 is 68.0 Å². The summed E-state index contributed by atoms with van der Waals surface area (Å²) in [5, 5.41) is 18.9. The lowest BCUT2D eigenvalue weighted by Gasteiger charge is -2.33. The zero-order valence-corrected chi connectivity index (χ0v) is 44.2. The lowest BCUT2D eigenvalue weighted by Crippen LogP contribution is -2.50. The molecule has 4 aliphatic heterocycles.